The quantitative estimate of drug-likeness (QED) is 0.847. The Hall–Kier alpha value is -1.55. The molecule has 20 heavy (non-hydrogen) atoms. The van der Waals surface area contributed by atoms with Crippen molar-refractivity contribution in [3.8, 4) is 5.75 Å². The maximum atomic E-state index is 12.6. The van der Waals surface area contributed by atoms with Gasteiger partial charge in [-0.3, -0.25) is 4.79 Å². The van der Waals surface area contributed by atoms with Gasteiger partial charge in [-0.1, -0.05) is 18.2 Å². The predicted octanol–water partition coefficient (Wildman–Crippen LogP) is 1.61. The maximum absolute atomic E-state index is 12.6. The number of likely N-dealkylation sites (tertiary alicyclic amines) is 1. The van der Waals surface area contributed by atoms with E-state index >= 15 is 0 Å². The van der Waals surface area contributed by atoms with E-state index in [0.29, 0.717) is 13.2 Å². The van der Waals surface area contributed by atoms with E-state index in [-0.39, 0.29) is 11.8 Å². The summed E-state index contributed by atoms with van der Waals surface area (Å²) < 4.78 is 5.69. The fourth-order valence-corrected chi connectivity index (χ4v) is 3.15. The first-order valence-electron chi connectivity index (χ1n) is 7.27. The van der Waals surface area contributed by atoms with Crippen molar-refractivity contribution >= 4 is 5.91 Å². The summed E-state index contributed by atoms with van der Waals surface area (Å²) in [5.41, 5.74) is 0.349. The molecule has 4 nitrogen and oxygen atoms in total. The van der Waals surface area contributed by atoms with Crippen LogP contribution in [0.2, 0.25) is 0 Å². The zero-order chi connectivity index (χ0) is 14.2. The SMILES string of the molecule is CC1(O)CCCN(C(=O)C2COc3ccccc3C2)C1. The number of fused-ring (bicyclic) bond motifs is 1. The largest absolute Gasteiger partial charge is 0.492 e. The molecule has 1 saturated heterocycles. The smallest absolute Gasteiger partial charge is 0.229 e. The Morgan fingerprint density at radius 2 is 2.25 bits per heavy atom. The molecule has 2 atom stereocenters. The van der Waals surface area contributed by atoms with E-state index in [4.69, 9.17) is 4.74 Å². The minimum Gasteiger partial charge on any atom is -0.492 e. The van der Waals surface area contributed by atoms with E-state index in [1.807, 2.05) is 24.3 Å². The fraction of sp³-hybridized carbons (Fsp3) is 0.562. The van der Waals surface area contributed by atoms with Crippen LogP contribution in [0.5, 0.6) is 5.75 Å². The highest BCUT2D eigenvalue weighted by molar-refractivity contribution is 5.80. The average Bonchev–Trinajstić information content (AvgIpc) is 2.45. The summed E-state index contributed by atoms with van der Waals surface area (Å²) in [7, 11) is 0. The molecule has 1 fully saturated rings. The molecule has 0 saturated carbocycles. The summed E-state index contributed by atoms with van der Waals surface area (Å²) in [4.78, 5) is 14.4. The van der Waals surface area contributed by atoms with Crippen molar-refractivity contribution in [3.05, 3.63) is 29.8 Å². The van der Waals surface area contributed by atoms with Crippen molar-refractivity contribution in [1.82, 2.24) is 4.90 Å². The molecule has 1 aromatic rings. The Labute approximate surface area is 119 Å². The van der Waals surface area contributed by atoms with Crippen LogP contribution in [0.4, 0.5) is 0 Å². The lowest BCUT2D eigenvalue weighted by atomic mass is 9.91. The normalized spacial score (nSPS) is 29.5. The first kappa shape index (κ1) is 13.4. The van der Waals surface area contributed by atoms with Crippen LogP contribution in [-0.4, -0.2) is 41.2 Å². The van der Waals surface area contributed by atoms with Gasteiger partial charge in [0.15, 0.2) is 0 Å². The summed E-state index contributed by atoms with van der Waals surface area (Å²) in [6, 6.07) is 7.88. The molecule has 3 rings (SSSR count). The summed E-state index contributed by atoms with van der Waals surface area (Å²) in [5, 5.41) is 10.1. The second-order valence-electron chi connectivity index (χ2n) is 6.18. The van der Waals surface area contributed by atoms with Gasteiger partial charge in [0.1, 0.15) is 12.4 Å². The van der Waals surface area contributed by atoms with Crippen molar-refractivity contribution in [2.24, 2.45) is 5.92 Å². The van der Waals surface area contributed by atoms with Gasteiger partial charge < -0.3 is 14.7 Å². The van der Waals surface area contributed by atoms with E-state index in [0.717, 1.165) is 37.1 Å². The van der Waals surface area contributed by atoms with Crippen molar-refractivity contribution in [1.29, 1.82) is 0 Å². The van der Waals surface area contributed by atoms with Crippen molar-refractivity contribution in [2.45, 2.75) is 31.8 Å². The molecule has 1 N–H and O–H groups in total. The molecule has 2 heterocycles. The fourth-order valence-electron chi connectivity index (χ4n) is 3.15. The standard InChI is InChI=1S/C16H21NO3/c1-16(19)7-4-8-17(11-16)15(18)13-9-12-5-2-3-6-14(12)20-10-13/h2-3,5-6,13,19H,4,7-11H2,1H3. The zero-order valence-electron chi connectivity index (χ0n) is 11.8. The van der Waals surface area contributed by atoms with E-state index in [1.54, 1.807) is 11.8 Å². The maximum Gasteiger partial charge on any atom is 0.229 e. The second kappa shape index (κ2) is 5.09. The Balaban J connectivity index is 1.70. The molecule has 0 radical (unpaired) electrons. The van der Waals surface area contributed by atoms with Crippen LogP contribution in [0.15, 0.2) is 24.3 Å². The first-order chi connectivity index (χ1) is 9.55. The number of nitrogens with zero attached hydrogens (tertiary/aromatic N) is 1. The van der Waals surface area contributed by atoms with E-state index in [9.17, 15) is 9.90 Å². The number of para-hydroxylation sites is 1. The zero-order valence-corrected chi connectivity index (χ0v) is 11.8. The highest BCUT2D eigenvalue weighted by atomic mass is 16.5. The monoisotopic (exact) mass is 275 g/mol. The molecule has 4 heteroatoms. The topological polar surface area (TPSA) is 49.8 Å². The van der Waals surface area contributed by atoms with Crippen LogP contribution in [0.3, 0.4) is 0 Å². The number of hydrogen-bond acceptors (Lipinski definition) is 3. The van der Waals surface area contributed by atoms with Crippen LogP contribution in [0.25, 0.3) is 0 Å². The summed E-state index contributed by atoms with van der Waals surface area (Å²) >= 11 is 0. The van der Waals surface area contributed by atoms with Crippen LogP contribution in [0.1, 0.15) is 25.3 Å². The summed E-state index contributed by atoms with van der Waals surface area (Å²) in [6.45, 7) is 3.42. The van der Waals surface area contributed by atoms with E-state index < -0.39 is 5.60 Å². The molecule has 0 aliphatic carbocycles. The molecular formula is C16H21NO3. The van der Waals surface area contributed by atoms with Gasteiger partial charge in [0.2, 0.25) is 5.91 Å². The van der Waals surface area contributed by atoms with Crippen LogP contribution >= 0.6 is 0 Å². The lowest BCUT2D eigenvalue weighted by molar-refractivity contribution is -0.143. The van der Waals surface area contributed by atoms with E-state index in [1.165, 1.54) is 0 Å². The lowest BCUT2D eigenvalue weighted by Crippen LogP contribution is -2.51. The molecule has 108 valence electrons. The third-order valence-electron chi connectivity index (χ3n) is 4.21. The van der Waals surface area contributed by atoms with Gasteiger partial charge in [0, 0.05) is 13.1 Å². The molecule has 0 spiro atoms. The number of benzene rings is 1. The number of aliphatic hydroxyl groups is 1. The highest BCUT2D eigenvalue weighted by Gasteiger charge is 2.35. The van der Waals surface area contributed by atoms with Gasteiger partial charge in [-0.05, 0) is 37.8 Å². The number of ether oxygens (including phenoxy) is 1. The third kappa shape index (κ3) is 2.66. The van der Waals surface area contributed by atoms with Crippen LogP contribution in [-0.2, 0) is 11.2 Å². The number of hydrogen-bond donors (Lipinski definition) is 1. The lowest BCUT2D eigenvalue weighted by Gasteiger charge is -2.39. The number of carbonyl (C=O) groups excluding carboxylic acids is 1. The number of β-amino-alcohol motifs (C(OH)–C–C–N with tert-alkyl or cyclic N) is 1. The molecule has 0 bridgehead atoms. The van der Waals surface area contributed by atoms with Gasteiger partial charge in [-0.15, -0.1) is 0 Å². The van der Waals surface area contributed by atoms with Crippen molar-refractivity contribution < 1.29 is 14.6 Å². The molecular weight excluding hydrogens is 254 g/mol. The summed E-state index contributed by atoms with van der Waals surface area (Å²) in [5.74, 6) is 0.875. The molecule has 2 unspecified atom stereocenters. The van der Waals surface area contributed by atoms with Gasteiger partial charge in [0.25, 0.3) is 0 Å². The second-order valence-corrected chi connectivity index (χ2v) is 6.18. The Morgan fingerprint density at radius 3 is 3.05 bits per heavy atom. The average molecular weight is 275 g/mol. The predicted molar refractivity (Wildman–Crippen MR) is 75.6 cm³/mol. The minimum atomic E-state index is -0.749. The highest BCUT2D eigenvalue weighted by Crippen LogP contribution is 2.29. The summed E-state index contributed by atoms with van der Waals surface area (Å²) in [6.07, 6.45) is 2.36. The van der Waals surface area contributed by atoms with Crippen molar-refractivity contribution in [3.63, 3.8) is 0 Å². The van der Waals surface area contributed by atoms with Crippen LogP contribution < -0.4 is 4.74 Å². The third-order valence-corrected chi connectivity index (χ3v) is 4.21. The van der Waals surface area contributed by atoms with E-state index in [2.05, 4.69) is 0 Å². The van der Waals surface area contributed by atoms with Gasteiger partial charge in [0.05, 0.1) is 11.5 Å². The Bertz CT molecular complexity index is 512. The van der Waals surface area contributed by atoms with Gasteiger partial charge in [-0.25, -0.2) is 0 Å². The first-order valence-corrected chi connectivity index (χ1v) is 7.27. The van der Waals surface area contributed by atoms with Gasteiger partial charge >= 0.3 is 0 Å². The molecule has 0 aromatic heterocycles. The molecule has 1 aromatic carbocycles. The van der Waals surface area contributed by atoms with Gasteiger partial charge in [-0.2, -0.15) is 0 Å². The molecule has 2 aliphatic rings. The molecule has 1 amide bonds. The molecule has 2 aliphatic heterocycles. The van der Waals surface area contributed by atoms with Crippen molar-refractivity contribution in [2.75, 3.05) is 19.7 Å². The minimum absolute atomic E-state index is 0.111. The number of piperidine rings is 1. The Kier molecular flexibility index (Phi) is 3.42. The van der Waals surface area contributed by atoms with Crippen LogP contribution in [0, 0.1) is 5.92 Å². The number of amides is 1. The number of rotatable bonds is 1. The number of carbonyl (C=O) groups is 1. The Morgan fingerprint density at radius 1 is 1.45 bits per heavy atom.